The average Bonchev–Trinajstić information content (AvgIpc) is 2.40. The summed E-state index contributed by atoms with van der Waals surface area (Å²) in [6.45, 7) is 2.58. The van der Waals surface area contributed by atoms with Gasteiger partial charge in [0, 0.05) is 19.3 Å². The molecule has 0 aliphatic rings. The third-order valence-corrected chi connectivity index (χ3v) is 3.42. The molecule has 0 aliphatic heterocycles. The van der Waals surface area contributed by atoms with Crippen LogP contribution in [0.5, 0.6) is 0 Å². The van der Waals surface area contributed by atoms with Crippen LogP contribution in [0.25, 0.3) is 0 Å². The number of nitrogens with zero attached hydrogens (tertiary/aromatic N) is 1. The lowest BCUT2D eigenvalue weighted by Crippen LogP contribution is -2.26. The Morgan fingerprint density at radius 3 is 2.45 bits per heavy atom. The lowest BCUT2D eigenvalue weighted by molar-refractivity contribution is 0.0785. The second kappa shape index (κ2) is 5.97. The Labute approximate surface area is 124 Å². The molecule has 0 aromatic heterocycles. The summed E-state index contributed by atoms with van der Waals surface area (Å²) in [6, 6.07) is 13.0. The second-order valence-corrected chi connectivity index (χ2v) is 5.29. The van der Waals surface area contributed by atoms with Crippen LogP contribution in [0.1, 0.15) is 21.5 Å². The lowest BCUT2D eigenvalue weighted by atomic mass is 10.1. The molecule has 2 aromatic carbocycles. The number of hydrogen-bond donors (Lipinski definition) is 1. The van der Waals surface area contributed by atoms with E-state index < -0.39 is 0 Å². The molecule has 0 radical (unpaired) electrons. The molecule has 1 amide bonds. The number of carbonyl (C=O) groups is 1. The Balaban J connectivity index is 2.14. The Kier molecular flexibility index (Phi) is 4.30. The van der Waals surface area contributed by atoms with Crippen LogP contribution in [0.4, 0.5) is 5.69 Å². The topological polar surface area (TPSA) is 46.3 Å². The van der Waals surface area contributed by atoms with E-state index in [0.29, 0.717) is 22.8 Å². The maximum Gasteiger partial charge on any atom is 0.255 e. The fourth-order valence-electron chi connectivity index (χ4n) is 1.95. The van der Waals surface area contributed by atoms with Crippen LogP contribution < -0.4 is 5.73 Å². The molecule has 0 heterocycles. The van der Waals surface area contributed by atoms with Crippen molar-refractivity contribution in [2.75, 3.05) is 12.8 Å². The second-order valence-electron chi connectivity index (χ2n) is 4.89. The SMILES string of the molecule is Cc1ccc(CN(C)C(=O)c2ccc(N)cc2Cl)cc1. The minimum absolute atomic E-state index is 0.115. The summed E-state index contributed by atoms with van der Waals surface area (Å²) in [5, 5.41) is 0.380. The zero-order valence-electron chi connectivity index (χ0n) is 11.6. The fraction of sp³-hybridized carbons (Fsp3) is 0.188. The third-order valence-electron chi connectivity index (χ3n) is 3.11. The van der Waals surface area contributed by atoms with Crippen LogP contribution in [-0.4, -0.2) is 17.9 Å². The first kappa shape index (κ1) is 14.4. The van der Waals surface area contributed by atoms with Crippen molar-refractivity contribution in [1.82, 2.24) is 4.90 Å². The molecule has 4 heteroatoms. The van der Waals surface area contributed by atoms with E-state index in [2.05, 4.69) is 0 Å². The van der Waals surface area contributed by atoms with E-state index in [-0.39, 0.29) is 5.91 Å². The highest BCUT2D eigenvalue weighted by Gasteiger charge is 2.15. The zero-order valence-corrected chi connectivity index (χ0v) is 12.3. The van der Waals surface area contributed by atoms with Gasteiger partial charge in [-0.05, 0) is 30.7 Å². The summed E-state index contributed by atoms with van der Waals surface area (Å²) >= 11 is 6.06. The first-order chi connectivity index (χ1) is 9.47. The maximum absolute atomic E-state index is 12.3. The van der Waals surface area contributed by atoms with Crippen LogP contribution in [0, 0.1) is 6.92 Å². The largest absolute Gasteiger partial charge is 0.399 e. The Morgan fingerprint density at radius 2 is 1.85 bits per heavy atom. The average molecular weight is 289 g/mol. The van der Waals surface area contributed by atoms with Gasteiger partial charge in [-0.1, -0.05) is 41.4 Å². The Morgan fingerprint density at radius 1 is 1.20 bits per heavy atom. The molecular formula is C16H17ClN2O. The molecule has 3 nitrogen and oxygen atoms in total. The van der Waals surface area contributed by atoms with Crippen LogP contribution in [-0.2, 0) is 6.54 Å². The third kappa shape index (κ3) is 3.31. The van der Waals surface area contributed by atoms with Gasteiger partial charge in [-0.15, -0.1) is 0 Å². The van der Waals surface area contributed by atoms with Gasteiger partial charge in [0.05, 0.1) is 10.6 Å². The molecule has 104 valence electrons. The lowest BCUT2D eigenvalue weighted by Gasteiger charge is -2.18. The molecule has 20 heavy (non-hydrogen) atoms. The zero-order chi connectivity index (χ0) is 14.7. The maximum atomic E-state index is 12.3. The minimum Gasteiger partial charge on any atom is -0.399 e. The summed E-state index contributed by atoms with van der Waals surface area (Å²) in [5.41, 5.74) is 8.93. The summed E-state index contributed by atoms with van der Waals surface area (Å²) in [5.74, 6) is -0.115. The predicted octanol–water partition coefficient (Wildman–Crippen LogP) is 3.50. The van der Waals surface area contributed by atoms with Crippen molar-refractivity contribution in [2.24, 2.45) is 0 Å². The van der Waals surface area contributed by atoms with Gasteiger partial charge in [-0.2, -0.15) is 0 Å². The van der Waals surface area contributed by atoms with Gasteiger partial charge >= 0.3 is 0 Å². The van der Waals surface area contributed by atoms with Gasteiger partial charge in [-0.25, -0.2) is 0 Å². The minimum atomic E-state index is -0.115. The predicted molar refractivity (Wildman–Crippen MR) is 82.8 cm³/mol. The molecule has 0 spiro atoms. The van der Waals surface area contributed by atoms with Gasteiger partial charge in [0.1, 0.15) is 0 Å². The number of amides is 1. The molecule has 2 N–H and O–H groups in total. The first-order valence-corrected chi connectivity index (χ1v) is 6.71. The highest BCUT2D eigenvalue weighted by Crippen LogP contribution is 2.21. The van der Waals surface area contributed by atoms with Crippen molar-refractivity contribution in [3.05, 3.63) is 64.2 Å². The molecule has 0 unspecified atom stereocenters. The number of nitrogen functional groups attached to an aromatic ring is 1. The Bertz CT molecular complexity index is 623. The number of halogens is 1. The number of carbonyl (C=O) groups excluding carboxylic acids is 1. The highest BCUT2D eigenvalue weighted by atomic mass is 35.5. The van der Waals surface area contributed by atoms with E-state index in [1.165, 1.54) is 5.56 Å². The van der Waals surface area contributed by atoms with Crippen molar-refractivity contribution in [2.45, 2.75) is 13.5 Å². The van der Waals surface area contributed by atoms with E-state index in [9.17, 15) is 4.79 Å². The molecule has 0 saturated carbocycles. The van der Waals surface area contributed by atoms with Crippen LogP contribution >= 0.6 is 11.6 Å². The molecule has 0 fully saturated rings. The van der Waals surface area contributed by atoms with Gasteiger partial charge in [0.25, 0.3) is 5.91 Å². The van der Waals surface area contributed by atoms with E-state index in [1.807, 2.05) is 31.2 Å². The fourth-order valence-corrected chi connectivity index (χ4v) is 2.22. The van der Waals surface area contributed by atoms with Crippen LogP contribution in [0.15, 0.2) is 42.5 Å². The molecule has 2 aromatic rings. The Hall–Kier alpha value is -2.00. The number of aryl methyl sites for hydroxylation is 1. The van der Waals surface area contributed by atoms with Gasteiger partial charge in [0.2, 0.25) is 0 Å². The van der Waals surface area contributed by atoms with Crippen molar-refractivity contribution >= 4 is 23.2 Å². The quantitative estimate of drug-likeness (QED) is 0.879. The van der Waals surface area contributed by atoms with E-state index in [4.69, 9.17) is 17.3 Å². The summed E-state index contributed by atoms with van der Waals surface area (Å²) in [4.78, 5) is 14.0. The summed E-state index contributed by atoms with van der Waals surface area (Å²) in [6.07, 6.45) is 0. The number of anilines is 1. The molecule has 0 saturated heterocycles. The number of rotatable bonds is 3. The number of benzene rings is 2. The normalized spacial score (nSPS) is 10.3. The van der Waals surface area contributed by atoms with Gasteiger partial charge < -0.3 is 10.6 Å². The molecular weight excluding hydrogens is 272 g/mol. The van der Waals surface area contributed by atoms with Crippen molar-refractivity contribution < 1.29 is 4.79 Å². The summed E-state index contributed by atoms with van der Waals surface area (Å²) in [7, 11) is 1.76. The van der Waals surface area contributed by atoms with E-state index >= 15 is 0 Å². The van der Waals surface area contributed by atoms with Crippen molar-refractivity contribution in [1.29, 1.82) is 0 Å². The van der Waals surface area contributed by atoms with E-state index in [0.717, 1.165) is 5.56 Å². The molecule has 0 bridgehead atoms. The summed E-state index contributed by atoms with van der Waals surface area (Å²) < 4.78 is 0. The standard InChI is InChI=1S/C16H17ClN2O/c1-11-3-5-12(6-4-11)10-19(2)16(20)14-8-7-13(18)9-15(14)17/h3-9H,10,18H2,1-2H3. The number of nitrogens with two attached hydrogens (primary N) is 1. The van der Waals surface area contributed by atoms with Gasteiger partial charge in [-0.3, -0.25) is 4.79 Å². The van der Waals surface area contributed by atoms with Crippen LogP contribution in [0.3, 0.4) is 0 Å². The first-order valence-electron chi connectivity index (χ1n) is 6.33. The van der Waals surface area contributed by atoms with Gasteiger partial charge in [0.15, 0.2) is 0 Å². The molecule has 2 rings (SSSR count). The van der Waals surface area contributed by atoms with Crippen molar-refractivity contribution in [3.8, 4) is 0 Å². The van der Waals surface area contributed by atoms with Crippen LogP contribution in [0.2, 0.25) is 5.02 Å². The monoisotopic (exact) mass is 288 g/mol. The van der Waals surface area contributed by atoms with Crippen molar-refractivity contribution in [3.63, 3.8) is 0 Å². The van der Waals surface area contributed by atoms with E-state index in [1.54, 1.807) is 30.1 Å². The molecule has 0 atom stereocenters. The highest BCUT2D eigenvalue weighted by molar-refractivity contribution is 6.34. The smallest absolute Gasteiger partial charge is 0.255 e. The molecule has 0 aliphatic carbocycles. The number of hydrogen-bond acceptors (Lipinski definition) is 2.